The minimum atomic E-state index is -5.08. The molecule has 0 aromatic carbocycles. The summed E-state index contributed by atoms with van der Waals surface area (Å²) in [5.74, 6) is -1.88. The van der Waals surface area contributed by atoms with E-state index in [9.17, 15) is 22.0 Å². The lowest BCUT2D eigenvalue weighted by molar-refractivity contribution is -0.275. The van der Waals surface area contributed by atoms with Gasteiger partial charge in [-0.2, -0.15) is 0 Å². The Morgan fingerprint density at radius 2 is 1.88 bits per heavy atom. The highest BCUT2D eigenvalue weighted by Gasteiger charge is 2.35. The highest BCUT2D eigenvalue weighted by Crippen LogP contribution is 2.42. The number of nitrogens with zero attached hydrogens (tertiary/aromatic N) is 1. The Labute approximate surface area is 97.1 Å². The molecule has 0 atom stereocenters. The minimum absolute atomic E-state index is 0.620. The monoisotopic (exact) mass is 277 g/mol. The van der Waals surface area contributed by atoms with Gasteiger partial charge < -0.3 is 9.47 Å². The molecule has 9 heteroatoms. The SMILES string of the molecule is COc1c(C(F)F)cnc(Cl)c1OC(F)(F)F. The van der Waals surface area contributed by atoms with Crippen LogP contribution in [0.25, 0.3) is 0 Å². The molecule has 0 spiro atoms. The van der Waals surface area contributed by atoms with Gasteiger partial charge in [-0.3, -0.25) is 0 Å². The van der Waals surface area contributed by atoms with E-state index in [4.69, 9.17) is 11.6 Å². The molecule has 96 valence electrons. The van der Waals surface area contributed by atoms with Crippen LogP contribution < -0.4 is 9.47 Å². The Morgan fingerprint density at radius 3 is 2.29 bits per heavy atom. The van der Waals surface area contributed by atoms with Crippen molar-refractivity contribution in [2.24, 2.45) is 0 Å². The molecule has 0 fully saturated rings. The van der Waals surface area contributed by atoms with Crippen molar-refractivity contribution in [3.63, 3.8) is 0 Å². The molecular formula is C8H5ClF5NO2. The first-order chi connectivity index (χ1) is 7.76. The molecule has 0 saturated carbocycles. The van der Waals surface area contributed by atoms with Crippen LogP contribution in [0.15, 0.2) is 6.20 Å². The van der Waals surface area contributed by atoms with Gasteiger partial charge in [-0.25, -0.2) is 13.8 Å². The maximum atomic E-state index is 12.5. The van der Waals surface area contributed by atoms with Crippen molar-refractivity contribution in [3.05, 3.63) is 16.9 Å². The Balaban J connectivity index is 3.30. The van der Waals surface area contributed by atoms with Crippen molar-refractivity contribution in [3.8, 4) is 11.5 Å². The van der Waals surface area contributed by atoms with Crippen LogP contribution in [0.4, 0.5) is 22.0 Å². The fourth-order valence-corrected chi connectivity index (χ4v) is 1.21. The summed E-state index contributed by atoms with van der Waals surface area (Å²) in [6.07, 6.45) is -7.53. The average Bonchev–Trinajstić information content (AvgIpc) is 2.18. The van der Waals surface area contributed by atoms with Crippen molar-refractivity contribution >= 4 is 11.6 Å². The third-order valence-electron chi connectivity index (χ3n) is 1.63. The number of halogens is 6. The van der Waals surface area contributed by atoms with Gasteiger partial charge in [0.2, 0.25) is 5.75 Å². The summed E-state index contributed by atoms with van der Waals surface area (Å²) >= 11 is 5.33. The quantitative estimate of drug-likeness (QED) is 0.625. The number of pyridine rings is 1. The lowest BCUT2D eigenvalue weighted by Gasteiger charge is -2.15. The van der Waals surface area contributed by atoms with E-state index in [2.05, 4.69) is 14.5 Å². The molecule has 0 aliphatic rings. The lowest BCUT2D eigenvalue weighted by atomic mass is 10.2. The summed E-state index contributed by atoms with van der Waals surface area (Å²) in [6, 6.07) is 0. The molecule has 0 aliphatic heterocycles. The molecule has 0 saturated heterocycles. The van der Waals surface area contributed by atoms with Crippen LogP contribution in [0.3, 0.4) is 0 Å². The zero-order valence-electron chi connectivity index (χ0n) is 8.19. The van der Waals surface area contributed by atoms with Crippen LogP contribution in [0.2, 0.25) is 5.15 Å². The second kappa shape index (κ2) is 4.91. The zero-order chi connectivity index (χ0) is 13.2. The summed E-state index contributed by atoms with van der Waals surface area (Å²) in [5.41, 5.74) is -0.837. The second-order valence-corrected chi connectivity index (χ2v) is 3.07. The van der Waals surface area contributed by atoms with E-state index in [1.165, 1.54) is 0 Å². The predicted octanol–water partition coefficient (Wildman–Crippen LogP) is 3.58. The Kier molecular flexibility index (Phi) is 3.97. The topological polar surface area (TPSA) is 31.4 Å². The third kappa shape index (κ3) is 3.32. The minimum Gasteiger partial charge on any atom is -0.492 e. The molecule has 0 aliphatic carbocycles. The van der Waals surface area contributed by atoms with Crippen LogP contribution in [-0.4, -0.2) is 18.5 Å². The Bertz CT molecular complexity index is 410. The second-order valence-electron chi connectivity index (χ2n) is 2.72. The van der Waals surface area contributed by atoms with Crippen molar-refractivity contribution in [1.29, 1.82) is 0 Å². The number of alkyl halides is 5. The molecule has 3 nitrogen and oxygen atoms in total. The molecule has 0 amide bonds. The van der Waals surface area contributed by atoms with Gasteiger partial charge in [-0.1, -0.05) is 11.6 Å². The number of rotatable bonds is 3. The van der Waals surface area contributed by atoms with E-state index in [0.717, 1.165) is 7.11 Å². The molecule has 17 heavy (non-hydrogen) atoms. The fourth-order valence-electron chi connectivity index (χ4n) is 1.04. The average molecular weight is 278 g/mol. The molecule has 0 bridgehead atoms. The van der Waals surface area contributed by atoms with Gasteiger partial charge in [0.25, 0.3) is 6.43 Å². The number of aromatic nitrogens is 1. The number of hydrogen-bond acceptors (Lipinski definition) is 3. The standard InChI is InChI=1S/C8H5ClF5NO2/c1-16-4-3(7(10)11)2-15-6(9)5(4)17-8(12,13)14/h2,7H,1H3. The molecule has 0 radical (unpaired) electrons. The molecule has 1 rings (SSSR count). The van der Waals surface area contributed by atoms with Gasteiger partial charge in [0.15, 0.2) is 10.9 Å². The molecule has 1 aromatic rings. The highest BCUT2D eigenvalue weighted by atomic mass is 35.5. The molecule has 0 unspecified atom stereocenters. The first kappa shape index (κ1) is 13.8. The summed E-state index contributed by atoms with van der Waals surface area (Å²) in [7, 11) is 0.917. The predicted molar refractivity (Wildman–Crippen MR) is 47.4 cm³/mol. The van der Waals surface area contributed by atoms with Crippen molar-refractivity contribution in [2.75, 3.05) is 7.11 Å². The van der Waals surface area contributed by atoms with Crippen molar-refractivity contribution in [2.45, 2.75) is 12.8 Å². The molecule has 0 N–H and O–H groups in total. The summed E-state index contributed by atoms with van der Waals surface area (Å²) in [4.78, 5) is 3.17. The molecule has 1 aromatic heterocycles. The zero-order valence-corrected chi connectivity index (χ0v) is 8.94. The summed E-state index contributed by atoms with van der Waals surface area (Å²) < 4.78 is 68.9. The van der Waals surface area contributed by atoms with Crippen LogP contribution in [0.1, 0.15) is 12.0 Å². The Morgan fingerprint density at radius 1 is 1.29 bits per heavy atom. The number of methoxy groups -OCH3 is 1. The van der Waals surface area contributed by atoms with Gasteiger partial charge in [0.05, 0.1) is 12.7 Å². The van der Waals surface area contributed by atoms with Crippen molar-refractivity contribution < 1.29 is 31.4 Å². The van der Waals surface area contributed by atoms with Crippen LogP contribution >= 0.6 is 11.6 Å². The van der Waals surface area contributed by atoms with E-state index in [-0.39, 0.29) is 0 Å². The third-order valence-corrected chi connectivity index (χ3v) is 1.90. The smallest absolute Gasteiger partial charge is 0.492 e. The van der Waals surface area contributed by atoms with Crippen LogP contribution in [0.5, 0.6) is 11.5 Å². The largest absolute Gasteiger partial charge is 0.573 e. The van der Waals surface area contributed by atoms with E-state index in [1.807, 2.05) is 0 Å². The maximum absolute atomic E-state index is 12.5. The summed E-state index contributed by atoms with van der Waals surface area (Å²) in [5, 5.41) is -0.719. The van der Waals surface area contributed by atoms with E-state index in [0.29, 0.717) is 6.20 Å². The lowest BCUT2D eigenvalue weighted by Crippen LogP contribution is -2.18. The van der Waals surface area contributed by atoms with Crippen LogP contribution in [0, 0.1) is 0 Å². The normalized spacial score (nSPS) is 11.8. The van der Waals surface area contributed by atoms with E-state index in [1.54, 1.807) is 0 Å². The van der Waals surface area contributed by atoms with E-state index < -0.39 is 35.0 Å². The number of hydrogen-bond donors (Lipinski definition) is 0. The van der Waals surface area contributed by atoms with Gasteiger partial charge >= 0.3 is 6.36 Å². The fraction of sp³-hybridized carbons (Fsp3) is 0.375. The van der Waals surface area contributed by atoms with Gasteiger partial charge in [0, 0.05) is 6.20 Å². The first-order valence-corrected chi connectivity index (χ1v) is 4.40. The van der Waals surface area contributed by atoms with Gasteiger partial charge in [-0.05, 0) is 0 Å². The van der Waals surface area contributed by atoms with Gasteiger partial charge in [0.1, 0.15) is 0 Å². The Hall–Kier alpha value is -1.31. The maximum Gasteiger partial charge on any atom is 0.573 e. The molecular weight excluding hydrogens is 273 g/mol. The number of ether oxygens (including phenoxy) is 2. The van der Waals surface area contributed by atoms with Crippen LogP contribution in [-0.2, 0) is 0 Å². The highest BCUT2D eigenvalue weighted by molar-refractivity contribution is 6.31. The first-order valence-electron chi connectivity index (χ1n) is 4.02. The van der Waals surface area contributed by atoms with E-state index >= 15 is 0 Å². The summed E-state index contributed by atoms with van der Waals surface area (Å²) in [6.45, 7) is 0. The van der Waals surface area contributed by atoms with Crippen molar-refractivity contribution in [1.82, 2.24) is 4.98 Å². The molecule has 1 heterocycles. The van der Waals surface area contributed by atoms with Gasteiger partial charge in [-0.15, -0.1) is 13.2 Å².